The van der Waals surface area contributed by atoms with E-state index in [4.69, 9.17) is 0 Å². The van der Waals surface area contributed by atoms with Crippen molar-refractivity contribution in [2.75, 3.05) is 0 Å². The number of allylic oxidation sites excluding steroid dienone is 1. The summed E-state index contributed by atoms with van der Waals surface area (Å²) in [5, 5.41) is 20.7. The summed E-state index contributed by atoms with van der Waals surface area (Å²) in [5.74, 6) is 2.95. The van der Waals surface area contributed by atoms with Crippen molar-refractivity contribution in [2.24, 2.45) is 46.3 Å². The average molecular weight is 471 g/mol. The Bertz CT molecular complexity index is 785. The summed E-state index contributed by atoms with van der Waals surface area (Å²) < 4.78 is 39.5. The van der Waals surface area contributed by atoms with E-state index >= 15 is 0 Å². The van der Waals surface area contributed by atoms with Crippen LogP contribution in [0.5, 0.6) is 0 Å². The predicted octanol–water partition coefficient (Wildman–Crippen LogP) is 7.29. The molecule has 0 saturated heterocycles. The minimum absolute atomic E-state index is 0.167. The minimum Gasteiger partial charge on any atom is -0.390 e. The molecule has 5 heteroatoms. The summed E-state index contributed by atoms with van der Waals surface area (Å²) in [6.07, 6.45) is 5.40. The molecule has 0 spiro atoms. The summed E-state index contributed by atoms with van der Waals surface area (Å²) >= 11 is 0. The third-order valence-corrected chi connectivity index (χ3v) is 11.2. The first-order valence-corrected chi connectivity index (χ1v) is 13.2. The number of fused-ring (bicyclic) bond motifs is 5. The maximum atomic E-state index is 13.2. The highest BCUT2D eigenvalue weighted by atomic mass is 19.4. The van der Waals surface area contributed by atoms with E-state index in [0.29, 0.717) is 36.0 Å². The van der Waals surface area contributed by atoms with Gasteiger partial charge in [0, 0.05) is 0 Å². The Kier molecular flexibility index (Phi) is 6.18. The quantitative estimate of drug-likeness (QED) is 0.424. The van der Waals surface area contributed by atoms with Gasteiger partial charge in [-0.2, -0.15) is 13.2 Å². The molecule has 190 valence electrons. The van der Waals surface area contributed by atoms with Crippen molar-refractivity contribution in [3.8, 4) is 0 Å². The minimum atomic E-state index is -4.57. The van der Waals surface area contributed by atoms with Gasteiger partial charge < -0.3 is 10.2 Å². The standard InChI is InChI=1S/C28H45F3O2/c1-17(9-12-27(6,33)28(29,30)31)20-7-8-21-23-18(2)15-19-16-24(3,32)13-14-25(19,4)22(23)10-11-26(20,21)5/h15,17-18,20-23,32-33H,7-14,16H2,1-6H3/t17-,18-,20-,21+,22+,23+,24+,25+,26-,27?/m1/s1. The van der Waals surface area contributed by atoms with Crippen molar-refractivity contribution in [2.45, 2.75) is 117 Å². The lowest BCUT2D eigenvalue weighted by atomic mass is 9.44. The predicted molar refractivity (Wildman–Crippen MR) is 125 cm³/mol. The first-order chi connectivity index (χ1) is 15.0. The Balaban J connectivity index is 1.53. The Morgan fingerprint density at radius 2 is 1.73 bits per heavy atom. The highest BCUT2D eigenvalue weighted by Crippen LogP contribution is 2.68. The molecule has 4 aliphatic rings. The second kappa shape index (κ2) is 7.98. The number of aliphatic hydroxyl groups is 2. The van der Waals surface area contributed by atoms with Crippen molar-refractivity contribution in [3.63, 3.8) is 0 Å². The van der Waals surface area contributed by atoms with Gasteiger partial charge in [0.05, 0.1) is 5.60 Å². The van der Waals surface area contributed by atoms with Gasteiger partial charge in [-0.25, -0.2) is 0 Å². The van der Waals surface area contributed by atoms with E-state index in [-0.39, 0.29) is 23.2 Å². The van der Waals surface area contributed by atoms with Gasteiger partial charge in [0.25, 0.3) is 0 Å². The molecule has 0 amide bonds. The molecule has 4 rings (SSSR count). The van der Waals surface area contributed by atoms with Gasteiger partial charge >= 0.3 is 6.18 Å². The van der Waals surface area contributed by atoms with Crippen LogP contribution in [0.3, 0.4) is 0 Å². The molecular weight excluding hydrogens is 425 g/mol. The second-order valence-corrected chi connectivity index (χ2v) is 13.4. The van der Waals surface area contributed by atoms with E-state index in [1.165, 1.54) is 18.4 Å². The summed E-state index contributed by atoms with van der Waals surface area (Å²) in [5.41, 5.74) is -1.38. The normalized spacial score (nSPS) is 48.2. The molecule has 0 radical (unpaired) electrons. The number of alkyl halides is 3. The summed E-state index contributed by atoms with van der Waals surface area (Å²) in [7, 11) is 0. The van der Waals surface area contributed by atoms with Crippen LogP contribution < -0.4 is 0 Å². The van der Waals surface area contributed by atoms with Crippen LogP contribution in [-0.4, -0.2) is 27.6 Å². The second-order valence-electron chi connectivity index (χ2n) is 13.4. The van der Waals surface area contributed by atoms with Crippen molar-refractivity contribution in [3.05, 3.63) is 11.6 Å². The SMILES string of the molecule is C[C@@H]1C=C2C[C@@](C)(O)CC[C@]2(C)[C@H]2CC[C@]3(C)[C@@H]([C@H](C)CCC(C)(O)C(F)(F)F)CC[C@H]3[C@H]12. The highest BCUT2D eigenvalue weighted by Gasteiger charge is 2.61. The van der Waals surface area contributed by atoms with Crippen LogP contribution in [0.4, 0.5) is 13.2 Å². The fourth-order valence-electron chi connectivity index (χ4n) is 8.99. The molecule has 10 atom stereocenters. The molecule has 0 heterocycles. The van der Waals surface area contributed by atoms with Crippen LogP contribution in [0.25, 0.3) is 0 Å². The van der Waals surface area contributed by atoms with Crippen LogP contribution in [0.15, 0.2) is 11.6 Å². The average Bonchev–Trinajstić information content (AvgIpc) is 3.04. The number of hydrogen-bond donors (Lipinski definition) is 2. The van der Waals surface area contributed by atoms with Crippen molar-refractivity contribution >= 4 is 0 Å². The molecular formula is C28H45F3O2. The monoisotopic (exact) mass is 470 g/mol. The van der Waals surface area contributed by atoms with Crippen LogP contribution in [-0.2, 0) is 0 Å². The molecule has 0 aromatic rings. The van der Waals surface area contributed by atoms with Gasteiger partial charge in [0.1, 0.15) is 0 Å². The zero-order chi connectivity index (χ0) is 24.6. The Labute approximate surface area is 198 Å². The van der Waals surface area contributed by atoms with Crippen LogP contribution in [0, 0.1) is 46.3 Å². The highest BCUT2D eigenvalue weighted by molar-refractivity contribution is 5.28. The molecule has 3 saturated carbocycles. The molecule has 0 aromatic heterocycles. The van der Waals surface area contributed by atoms with Gasteiger partial charge in [-0.1, -0.05) is 39.3 Å². The van der Waals surface area contributed by atoms with Crippen molar-refractivity contribution in [1.82, 2.24) is 0 Å². The van der Waals surface area contributed by atoms with E-state index in [1.54, 1.807) is 0 Å². The van der Waals surface area contributed by atoms with Crippen LogP contribution in [0.1, 0.15) is 99.3 Å². The Morgan fingerprint density at radius 1 is 1.06 bits per heavy atom. The molecule has 2 nitrogen and oxygen atoms in total. The van der Waals surface area contributed by atoms with Crippen molar-refractivity contribution < 1.29 is 23.4 Å². The van der Waals surface area contributed by atoms with Gasteiger partial charge in [-0.3, -0.25) is 0 Å². The molecule has 0 bridgehead atoms. The van der Waals surface area contributed by atoms with E-state index < -0.39 is 17.4 Å². The topological polar surface area (TPSA) is 40.5 Å². The lowest BCUT2D eigenvalue weighted by molar-refractivity contribution is -0.256. The molecule has 3 fully saturated rings. The summed E-state index contributed by atoms with van der Waals surface area (Å²) in [6.45, 7) is 12.2. The zero-order valence-electron chi connectivity index (χ0n) is 21.4. The molecule has 0 aromatic carbocycles. The maximum absolute atomic E-state index is 13.2. The summed E-state index contributed by atoms with van der Waals surface area (Å²) in [6, 6.07) is 0. The number of rotatable bonds is 4. The third kappa shape index (κ3) is 4.11. The van der Waals surface area contributed by atoms with Gasteiger partial charge in [0.15, 0.2) is 5.60 Å². The Morgan fingerprint density at radius 3 is 2.36 bits per heavy atom. The van der Waals surface area contributed by atoms with E-state index in [9.17, 15) is 23.4 Å². The molecule has 1 unspecified atom stereocenters. The zero-order valence-corrected chi connectivity index (χ0v) is 21.4. The lowest BCUT2D eigenvalue weighted by Gasteiger charge is -2.60. The Hall–Kier alpha value is -0.550. The van der Waals surface area contributed by atoms with Gasteiger partial charge in [0.2, 0.25) is 0 Å². The first kappa shape index (κ1) is 25.5. The smallest absolute Gasteiger partial charge is 0.390 e. The third-order valence-electron chi connectivity index (χ3n) is 11.2. The first-order valence-electron chi connectivity index (χ1n) is 13.2. The molecule has 2 N–H and O–H groups in total. The largest absolute Gasteiger partial charge is 0.416 e. The number of hydrogen-bond acceptors (Lipinski definition) is 2. The summed E-state index contributed by atoms with van der Waals surface area (Å²) in [4.78, 5) is 0. The van der Waals surface area contributed by atoms with Gasteiger partial charge in [-0.05, 0) is 118 Å². The lowest BCUT2D eigenvalue weighted by Crippen LogP contribution is -2.54. The van der Waals surface area contributed by atoms with Crippen LogP contribution >= 0.6 is 0 Å². The van der Waals surface area contributed by atoms with Crippen LogP contribution in [0.2, 0.25) is 0 Å². The molecule has 33 heavy (non-hydrogen) atoms. The fourth-order valence-corrected chi connectivity index (χ4v) is 8.99. The van der Waals surface area contributed by atoms with E-state index in [0.717, 1.165) is 39.0 Å². The van der Waals surface area contributed by atoms with E-state index in [1.807, 2.05) is 6.92 Å². The number of halogens is 3. The van der Waals surface area contributed by atoms with Gasteiger partial charge in [-0.15, -0.1) is 0 Å². The van der Waals surface area contributed by atoms with Crippen molar-refractivity contribution in [1.29, 1.82) is 0 Å². The molecule has 4 aliphatic carbocycles. The fraction of sp³-hybridized carbons (Fsp3) is 0.929. The molecule has 0 aliphatic heterocycles. The van der Waals surface area contributed by atoms with E-state index in [2.05, 4.69) is 33.8 Å². The maximum Gasteiger partial charge on any atom is 0.416 e.